The number of carbonyl (C=O) groups is 4. The summed E-state index contributed by atoms with van der Waals surface area (Å²) >= 11 is 0. The molecule has 0 radical (unpaired) electrons. The van der Waals surface area contributed by atoms with Crippen LogP contribution in [-0.2, 0) is 40.0 Å². The number of ether oxygens (including phenoxy) is 3. The maximum atomic E-state index is 12.4. The van der Waals surface area contributed by atoms with E-state index in [-0.39, 0.29) is 32.6 Å². The maximum absolute atomic E-state index is 12.4. The van der Waals surface area contributed by atoms with Crippen molar-refractivity contribution in [3.05, 3.63) is 35.9 Å². The quantitative estimate of drug-likeness (QED) is 0.0884. The Kier molecular flexibility index (Phi) is 13.8. The number of aliphatic hydroxyl groups excluding tert-OH is 4. The first-order valence-electron chi connectivity index (χ1n) is 12.5. The number of amides is 2. The molecular formula is C25H36N2O12. The van der Waals surface area contributed by atoms with Gasteiger partial charge in [0.15, 0.2) is 6.29 Å². The first-order chi connectivity index (χ1) is 18.6. The SMILES string of the molecule is O=C(O)CC(NC(=O)CCCCC(=O)OCc1ccccc1)C(=O)NCCO[C@H]1O[C@H](CO)[C@@H](O)[C@H](O)[C@@H]1O. The zero-order valence-corrected chi connectivity index (χ0v) is 21.3. The van der Waals surface area contributed by atoms with Crippen LogP contribution in [0.2, 0.25) is 0 Å². The molecule has 1 aliphatic heterocycles. The molecule has 39 heavy (non-hydrogen) atoms. The number of carboxylic acids is 1. The molecule has 1 saturated heterocycles. The number of aliphatic hydroxyl groups is 4. The molecule has 2 rings (SSSR count). The van der Waals surface area contributed by atoms with Crippen LogP contribution in [0.3, 0.4) is 0 Å². The number of unbranched alkanes of at least 4 members (excludes halogenated alkanes) is 1. The average molecular weight is 557 g/mol. The summed E-state index contributed by atoms with van der Waals surface area (Å²) in [4.78, 5) is 47.7. The van der Waals surface area contributed by atoms with Crippen LogP contribution in [0.1, 0.15) is 37.7 Å². The van der Waals surface area contributed by atoms with Gasteiger partial charge in [-0.1, -0.05) is 30.3 Å². The summed E-state index contributed by atoms with van der Waals surface area (Å²) < 4.78 is 15.6. The molecule has 0 spiro atoms. The number of rotatable bonds is 16. The lowest BCUT2D eigenvalue weighted by Crippen LogP contribution is -2.59. The van der Waals surface area contributed by atoms with Gasteiger partial charge in [-0.25, -0.2) is 0 Å². The van der Waals surface area contributed by atoms with Crippen molar-refractivity contribution >= 4 is 23.8 Å². The highest BCUT2D eigenvalue weighted by molar-refractivity contribution is 5.90. The van der Waals surface area contributed by atoms with E-state index in [2.05, 4.69) is 10.6 Å². The van der Waals surface area contributed by atoms with E-state index in [9.17, 15) is 39.6 Å². The maximum Gasteiger partial charge on any atom is 0.306 e. The zero-order valence-electron chi connectivity index (χ0n) is 21.3. The van der Waals surface area contributed by atoms with E-state index in [0.29, 0.717) is 12.8 Å². The van der Waals surface area contributed by atoms with E-state index in [4.69, 9.17) is 19.3 Å². The van der Waals surface area contributed by atoms with Crippen molar-refractivity contribution in [2.75, 3.05) is 19.8 Å². The highest BCUT2D eigenvalue weighted by Crippen LogP contribution is 2.21. The molecule has 0 aromatic heterocycles. The third-order valence-electron chi connectivity index (χ3n) is 5.84. The standard InChI is InChI=1S/C25H36N2O12/c28-13-17-21(33)22(34)23(35)25(39-17)37-11-10-26-24(36)16(12-19(30)31)27-18(29)8-4-5-9-20(32)38-14-15-6-2-1-3-7-15/h1-3,6-7,16-17,21-23,25,28,33-35H,4-5,8-14H2,(H,26,36)(H,27,29)(H,30,31)/t16?,17-,21-,22+,23+,25+/m1/s1. The molecule has 2 amide bonds. The Morgan fingerprint density at radius 2 is 1.67 bits per heavy atom. The van der Waals surface area contributed by atoms with Gasteiger partial charge in [0.05, 0.1) is 19.6 Å². The minimum absolute atomic E-state index is 0.0322. The molecule has 1 unspecified atom stereocenters. The molecule has 1 aliphatic rings. The predicted octanol–water partition coefficient (Wildman–Crippen LogP) is -1.82. The second-order valence-electron chi connectivity index (χ2n) is 8.93. The molecule has 1 aromatic rings. The summed E-state index contributed by atoms with van der Waals surface area (Å²) in [7, 11) is 0. The smallest absolute Gasteiger partial charge is 0.306 e. The van der Waals surface area contributed by atoms with Crippen molar-refractivity contribution in [3.8, 4) is 0 Å². The van der Waals surface area contributed by atoms with E-state index in [1.165, 1.54) is 0 Å². The van der Waals surface area contributed by atoms with Crippen molar-refractivity contribution in [2.45, 2.75) is 75.5 Å². The molecule has 14 nitrogen and oxygen atoms in total. The molecule has 7 N–H and O–H groups in total. The molecule has 6 atom stereocenters. The minimum atomic E-state index is -1.62. The van der Waals surface area contributed by atoms with Crippen LogP contribution < -0.4 is 10.6 Å². The number of hydrogen-bond donors (Lipinski definition) is 7. The molecule has 1 heterocycles. The Morgan fingerprint density at radius 1 is 0.974 bits per heavy atom. The summed E-state index contributed by atoms with van der Waals surface area (Å²) in [6.45, 7) is -0.871. The van der Waals surface area contributed by atoms with Crippen molar-refractivity contribution < 1.29 is 58.9 Å². The highest BCUT2D eigenvalue weighted by Gasteiger charge is 2.43. The fourth-order valence-electron chi connectivity index (χ4n) is 3.69. The molecule has 1 fully saturated rings. The number of carboxylic acid groups (broad SMARTS) is 1. The Labute approximate surface area is 224 Å². The van der Waals surface area contributed by atoms with Gasteiger partial charge < -0.3 is 50.4 Å². The minimum Gasteiger partial charge on any atom is -0.481 e. The summed E-state index contributed by atoms with van der Waals surface area (Å²) in [6.07, 6.45) is -7.22. The van der Waals surface area contributed by atoms with Crippen molar-refractivity contribution in [2.24, 2.45) is 0 Å². The molecule has 0 aliphatic carbocycles. The van der Waals surface area contributed by atoms with Crippen LogP contribution in [0.4, 0.5) is 0 Å². The van der Waals surface area contributed by atoms with Gasteiger partial charge in [0.1, 0.15) is 37.1 Å². The van der Waals surface area contributed by atoms with E-state index in [1.54, 1.807) is 0 Å². The predicted molar refractivity (Wildman–Crippen MR) is 132 cm³/mol. The lowest BCUT2D eigenvalue weighted by Gasteiger charge is -2.39. The van der Waals surface area contributed by atoms with Crippen molar-refractivity contribution in [1.82, 2.24) is 10.6 Å². The van der Waals surface area contributed by atoms with Crippen LogP contribution in [-0.4, -0.2) is 106 Å². The third-order valence-corrected chi connectivity index (χ3v) is 5.84. The molecule has 0 bridgehead atoms. The average Bonchev–Trinajstić information content (AvgIpc) is 2.92. The number of aliphatic carboxylic acids is 1. The fraction of sp³-hybridized carbons (Fsp3) is 0.600. The first kappa shape index (κ1) is 32.1. The molecule has 0 saturated carbocycles. The Bertz CT molecular complexity index is 929. The van der Waals surface area contributed by atoms with E-state index < -0.39 is 73.5 Å². The van der Waals surface area contributed by atoms with Gasteiger partial charge in [-0.05, 0) is 18.4 Å². The van der Waals surface area contributed by atoms with Crippen LogP contribution in [0, 0.1) is 0 Å². The summed E-state index contributed by atoms with van der Waals surface area (Å²) in [5.74, 6) is -3.07. The Balaban J connectivity index is 1.68. The fourth-order valence-corrected chi connectivity index (χ4v) is 3.69. The van der Waals surface area contributed by atoms with Gasteiger partial charge in [0.25, 0.3) is 0 Å². The van der Waals surface area contributed by atoms with Crippen LogP contribution in [0.5, 0.6) is 0 Å². The Hall–Kier alpha value is -3.14. The summed E-state index contributed by atoms with van der Waals surface area (Å²) in [5.41, 5.74) is 0.855. The monoisotopic (exact) mass is 556 g/mol. The van der Waals surface area contributed by atoms with Gasteiger partial charge in [-0.3, -0.25) is 19.2 Å². The van der Waals surface area contributed by atoms with Gasteiger partial charge in [-0.2, -0.15) is 0 Å². The lowest BCUT2D eigenvalue weighted by molar-refractivity contribution is -0.300. The highest BCUT2D eigenvalue weighted by atomic mass is 16.7. The number of esters is 1. The van der Waals surface area contributed by atoms with Gasteiger partial charge in [0, 0.05) is 19.4 Å². The number of nitrogens with one attached hydrogen (secondary N) is 2. The van der Waals surface area contributed by atoms with Gasteiger partial charge in [0.2, 0.25) is 11.8 Å². The van der Waals surface area contributed by atoms with Crippen LogP contribution in [0.15, 0.2) is 30.3 Å². The Morgan fingerprint density at radius 3 is 2.33 bits per heavy atom. The first-order valence-corrected chi connectivity index (χ1v) is 12.5. The van der Waals surface area contributed by atoms with E-state index in [0.717, 1.165) is 5.56 Å². The number of carbonyl (C=O) groups excluding carboxylic acids is 3. The summed E-state index contributed by atoms with van der Waals surface area (Å²) in [5, 5.41) is 52.5. The van der Waals surface area contributed by atoms with Crippen LogP contribution >= 0.6 is 0 Å². The van der Waals surface area contributed by atoms with E-state index >= 15 is 0 Å². The van der Waals surface area contributed by atoms with Gasteiger partial charge >= 0.3 is 11.9 Å². The van der Waals surface area contributed by atoms with Crippen molar-refractivity contribution in [3.63, 3.8) is 0 Å². The molecular weight excluding hydrogens is 520 g/mol. The molecule has 218 valence electrons. The van der Waals surface area contributed by atoms with Crippen LogP contribution in [0.25, 0.3) is 0 Å². The molecule has 14 heteroatoms. The largest absolute Gasteiger partial charge is 0.481 e. The topological polar surface area (TPSA) is 221 Å². The summed E-state index contributed by atoms with van der Waals surface area (Å²) in [6, 6.07) is 7.81. The second kappa shape index (κ2) is 16.7. The normalized spacial score (nSPS) is 23.4. The van der Waals surface area contributed by atoms with E-state index in [1.807, 2.05) is 30.3 Å². The number of hydrogen-bond acceptors (Lipinski definition) is 11. The van der Waals surface area contributed by atoms with Crippen molar-refractivity contribution in [1.29, 1.82) is 0 Å². The lowest BCUT2D eigenvalue weighted by atomic mass is 9.99. The second-order valence-corrected chi connectivity index (χ2v) is 8.93. The molecule has 1 aromatic carbocycles. The van der Waals surface area contributed by atoms with Gasteiger partial charge in [-0.15, -0.1) is 0 Å². The number of benzene rings is 1. The zero-order chi connectivity index (χ0) is 28.8. The third kappa shape index (κ3) is 11.2.